The second kappa shape index (κ2) is 65.2. The molecule has 0 aromatic heterocycles. The number of rotatable bonds is 67. The van der Waals surface area contributed by atoms with Crippen LogP contribution in [0.4, 0.5) is 0 Å². The number of allylic oxidation sites excluding steroid dienone is 10. The van der Waals surface area contributed by atoms with E-state index in [1.165, 1.54) is 250 Å². The van der Waals surface area contributed by atoms with E-state index in [4.69, 9.17) is 18.5 Å². The molecule has 0 fully saturated rings. The first-order chi connectivity index (χ1) is 41.0. The third kappa shape index (κ3) is 68.8. The lowest BCUT2D eigenvalue weighted by atomic mass is 10.0. The smallest absolute Gasteiger partial charge is 0.306 e. The molecule has 84 heavy (non-hydrogen) atoms. The first kappa shape index (κ1) is 81.7. The van der Waals surface area contributed by atoms with E-state index >= 15 is 0 Å². The molecule has 0 radical (unpaired) electrons. The van der Waals surface area contributed by atoms with Crippen LogP contribution < -0.4 is 4.89 Å². The van der Waals surface area contributed by atoms with E-state index in [0.717, 1.165) is 64.2 Å². The van der Waals surface area contributed by atoms with E-state index < -0.39 is 26.5 Å². The monoisotopic (exact) mass is 1200 g/mol. The molecule has 0 saturated carbocycles. The topological polar surface area (TPSA) is 111 Å². The third-order valence-electron chi connectivity index (χ3n) is 16.0. The Hall–Kier alpha value is -2.29. The Morgan fingerprint density at radius 1 is 0.381 bits per heavy atom. The predicted octanol–water partition coefficient (Wildman–Crippen LogP) is 22.8. The average Bonchev–Trinajstić information content (AvgIpc) is 3.60. The molecule has 0 aliphatic heterocycles. The lowest BCUT2D eigenvalue weighted by Crippen LogP contribution is -2.37. The second-order valence-electron chi connectivity index (χ2n) is 25.6. The summed E-state index contributed by atoms with van der Waals surface area (Å²) in [6.07, 6.45) is 86.0. The predicted molar refractivity (Wildman–Crippen MR) is 360 cm³/mol. The number of esters is 2. The van der Waals surface area contributed by atoms with E-state index in [2.05, 4.69) is 74.6 Å². The molecule has 492 valence electrons. The van der Waals surface area contributed by atoms with E-state index in [1.54, 1.807) is 0 Å². The van der Waals surface area contributed by atoms with E-state index in [0.29, 0.717) is 17.4 Å². The molecule has 9 nitrogen and oxygen atoms in total. The molecule has 0 aliphatic carbocycles. The number of hydrogen-bond donors (Lipinski definition) is 0. The van der Waals surface area contributed by atoms with Gasteiger partial charge in [0.2, 0.25) is 0 Å². The molecule has 2 atom stereocenters. The third-order valence-corrected chi connectivity index (χ3v) is 17.0. The Balaban J connectivity index is 3.96. The van der Waals surface area contributed by atoms with Crippen molar-refractivity contribution in [1.29, 1.82) is 0 Å². The minimum Gasteiger partial charge on any atom is -0.756 e. The van der Waals surface area contributed by atoms with Gasteiger partial charge in [0, 0.05) is 12.8 Å². The maximum Gasteiger partial charge on any atom is 0.306 e. The molecule has 2 unspecified atom stereocenters. The van der Waals surface area contributed by atoms with Crippen molar-refractivity contribution >= 4 is 19.8 Å². The molecule has 0 bridgehead atoms. The SMILES string of the molecule is CC/C=C\C/C=C\C/C=C\C/C=C\CCCCCCCCCCCCCCC(=O)OC(COC(=O)CCCCCCCCCCCCCCCCCCCCCCCCC/C=C\CCCCCCCCCC)COP(=O)([O-])OCC[N+](C)(C)C. The van der Waals surface area contributed by atoms with Crippen molar-refractivity contribution in [3.05, 3.63) is 60.8 Å². The summed E-state index contributed by atoms with van der Waals surface area (Å²) < 4.78 is 34.3. The number of carbonyl (C=O) groups is 2. The zero-order valence-corrected chi connectivity index (χ0v) is 57.0. The van der Waals surface area contributed by atoms with E-state index in [9.17, 15) is 19.0 Å². The first-order valence-corrected chi connectivity index (χ1v) is 37.5. The van der Waals surface area contributed by atoms with Crippen LogP contribution in [0.5, 0.6) is 0 Å². The summed E-state index contributed by atoms with van der Waals surface area (Å²) in [5.74, 6) is -0.820. The molecule has 0 aliphatic rings. The van der Waals surface area contributed by atoms with Crippen LogP contribution in [-0.2, 0) is 32.7 Å². The minimum atomic E-state index is -4.64. The average molecular weight is 1200 g/mol. The van der Waals surface area contributed by atoms with Crippen LogP contribution in [0.3, 0.4) is 0 Å². The fourth-order valence-corrected chi connectivity index (χ4v) is 11.3. The number of phosphoric acid groups is 1. The number of phosphoric ester groups is 1. The summed E-state index contributed by atoms with van der Waals surface area (Å²) >= 11 is 0. The van der Waals surface area contributed by atoms with Crippen molar-refractivity contribution in [2.45, 2.75) is 354 Å². The fraction of sp³-hybridized carbons (Fsp3) is 0.838. The van der Waals surface area contributed by atoms with E-state index in [-0.39, 0.29) is 32.0 Å². The molecule has 0 heterocycles. The normalized spacial score (nSPS) is 13.5. The van der Waals surface area contributed by atoms with Gasteiger partial charge in [0.1, 0.15) is 19.8 Å². The van der Waals surface area contributed by atoms with Gasteiger partial charge in [0.05, 0.1) is 27.7 Å². The molecule has 0 saturated heterocycles. The molecule has 0 rings (SSSR count). The van der Waals surface area contributed by atoms with Crippen molar-refractivity contribution in [2.75, 3.05) is 47.5 Å². The Labute approximate surface area is 521 Å². The van der Waals surface area contributed by atoms with Gasteiger partial charge in [-0.1, -0.05) is 319 Å². The van der Waals surface area contributed by atoms with Gasteiger partial charge in [-0.15, -0.1) is 0 Å². The van der Waals surface area contributed by atoms with Crippen molar-refractivity contribution in [1.82, 2.24) is 0 Å². The first-order valence-electron chi connectivity index (χ1n) is 36.0. The van der Waals surface area contributed by atoms with Crippen molar-refractivity contribution < 1.29 is 42.1 Å². The van der Waals surface area contributed by atoms with Gasteiger partial charge in [-0.2, -0.15) is 0 Å². The molecular weight excluding hydrogens is 1060 g/mol. The van der Waals surface area contributed by atoms with Crippen molar-refractivity contribution in [2.24, 2.45) is 0 Å². The molecule has 0 aromatic carbocycles. The zero-order chi connectivity index (χ0) is 61.2. The van der Waals surface area contributed by atoms with Crippen molar-refractivity contribution in [3.63, 3.8) is 0 Å². The Kier molecular flexibility index (Phi) is 63.4. The number of quaternary nitrogens is 1. The van der Waals surface area contributed by atoms with Gasteiger partial charge in [-0.05, 0) is 77.0 Å². The van der Waals surface area contributed by atoms with Gasteiger partial charge < -0.3 is 27.9 Å². The highest BCUT2D eigenvalue weighted by Gasteiger charge is 2.22. The molecule has 0 amide bonds. The summed E-state index contributed by atoms with van der Waals surface area (Å²) in [7, 11) is 1.18. The number of carbonyl (C=O) groups excluding carboxylic acids is 2. The van der Waals surface area contributed by atoms with Crippen molar-refractivity contribution in [3.8, 4) is 0 Å². The summed E-state index contributed by atoms with van der Waals surface area (Å²) in [5, 5.41) is 0. The van der Waals surface area contributed by atoms with Crippen LogP contribution in [0.2, 0.25) is 0 Å². The number of hydrogen-bond acceptors (Lipinski definition) is 8. The van der Waals surface area contributed by atoms with Crippen LogP contribution in [0.15, 0.2) is 60.8 Å². The molecular formula is C74H138NO8P. The van der Waals surface area contributed by atoms with Gasteiger partial charge in [0.15, 0.2) is 6.10 Å². The standard InChI is InChI=1S/C74H138NO8P/c1-6-8-10-12-14-16-18-20-22-24-26-28-30-32-33-34-35-36-37-38-39-40-41-43-44-46-48-50-52-54-56-58-60-62-64-66-73(76)80-70-72(71-82-84(78,79)81-69-68-75(3,4)5)83-74(77)67-65-63-61-59-57-55-53-51-49-47-45-42-31-29-27-25-23-21-19-17-15-13-11-9-7-2/h9,11,15,17,21,23-24,26-27,29,72H,6-8,10,12-14,16,18-20,22,25,28,30-71H2,1-5H3/b11-9-,17-15-,23-21-,26-24-,29-27-. The maximum atomic E-state index is 12.9. The van der Waals surface area contributed by atoms with E-state index in [1.807, 2.05) is 21.1 Å². The highest BCUT2D eigenvalue weighted by molar-refractivity contribution is 7.45. The highest BCUT2D eigenvalue weighted by atomic mass is 31.2. The van der Waals surface area contributed by atoms with Crippen LogP contribution in [0.25, 0.3) is 0 Å². The summed E-state index contributed by atoms with van der Waals surface area (Å²) in [6.45, 7) is 4.18. The van der Waals surface area contributed by atoms with Gasteiger partial charge in [0.25, 0.3) is 7.82 Å². The fourth-order valence-electron chi connectivity index (χ4n) is 10.5. The number of nitrogens with zero attached hydrogens (tertiary/aromatic N) is 1. The number of unbranched alkanes of at least 4 members (excludes halogenated alkanes) is 43. The van der Waals surface area contributed by atoms with Crippen LogP contribution in [-0.4, -0.2) is 70.0 Å². The Morgan fingerprint density at radius 2 is 0.679 bits per heavy atom. The minimum absolute atomic E-state index is 0.0309. The number of ether oxygens (including phenoxy) is 2. The van der Waals surface area contributed by atoms with Crippen LogP contribution >= 0.6 is 7.82 Å². The molecule has 0 aromatic rings. The van der Waals surface area contributed by atoms with Gasteiger partial charge >= 0.3 is 11.9 Å². The van der Waals surface area contributed by atoms with Gasteiger partial charge in [-0.3, -0.25) is 14.2 Å². The molecule has 0 N–H and O–H groups in total. The lowest BCUT2D eigenvalue weighted by Gasteiger charge is -2.28. The molecule has 0 spiro atoms. The van der Waals surface area contributed by atoms with Crippen LogP contribution in [0, 0.1) is 0 Å². The largest absolute Gasteiger partial charge is 0.756 e. The van der Waals surface area contributed by atoms with Gasteiger partial charge in [-0.25, -0.2) is 0 Å². The maximum absolute atomic E-state index is 12.9. The van der Waals surface area contributed by atoms with Crippen LogP contribution in [0.1, 0.15) is 348 Å². The quantitative estimate of drug-likeness (QED) is 0.0195. The molecule has 10 heteroatoms. The zero-order valence-electron chi connectivity index (χ0n) is 56.1. The summed E-state index contributed by atoms with van der Waals surface area (Å²) in [6, 6.07) is 0. The lowest BCUT2D eigenvalue weighted by molar-refractivity contribution is -0.870. The Morgan fingerprint density at radius 3 is 1.02 bits per heavy atom. The second-order valence-corrected chi connectivity index (χ2v) is 27.0. The highest BCUT2D eigenvalue weighted by Crippen LogP contribution is 2.38. The number of likely N-dealkylation sites (N-methyl/N-ethyl adjacent to an activating group) is 1. The summed E-state index contributed by atoms with van der Waals surface area (Å²) in [5.41, 5.74) is 0. The summed E-state index contributed by atoms with van der Waals surface area (Å²) in [4.78, 5) is 38.1. The Bertz CT molecular complexity index is 1600.